The molecule has 112 valence electrons. The van der Waals surface area contributed by atoms with E-state index in [1.54, 1.807) is 7.11 Å². The number of rotatable bonds is 6. The van der Waals surface area contributed by atoms with E-state index in [0.29, 0.717) is 11.6 Å². The first kappa shape index (κ1) is 15.4. The zero-order valence-electron chi connectivity index (χ0n) is 12.4. The fourth-order valence-corrected chi connectivity index (χ4v) is 2.28. The van der Waals surface area contributed by atoms with Gasteiger partial charge in [-0.15, -0.1) is 0 Å². The maximum Gasteiger partial charge on any atom is 0.134 e. The Labute approximate surface area is 129 Å². The first-order valence-electron chi connectivity index (χ1n) is 6.78. The minimum atomic E-state index is 0.534. The summed E-state index contributed by atoms with van der Waals surface area (Å²) in [5.41, 5.74) is 1.88. The van der Waals surface area contributed by atoms with E-state index in [1.165, 1.54) is 6.33 Å². The molecular formula is C15H19ClN4O. The molecule has 0 atom stereocenters. The molecule has 0 aliphatic carbocycles. The third-order valence-corrected chi connectivity index (χ3v) is 3.51. The highest BCUT2D eigenvalue weighted by Gasteiger charge is 2.10. The lowest BCUT2D eigenvalue weighted by atomic mass is 10.2. The quantitative estimate of drug-likeness (QED) is 0.855. The van der Waals surface area contributed by atoms with Gasteiger partial charge in [0.25, 0.3) is 0 Å². The molecule has 0 spiro atoms. The molecule has 1 aromatic carbocycles. The highest BCUT2D eigenvalue weighted by molar-refractivity contribution is 6.31. The van der Waals surface area contributed by atoms with Crippen molar-refractivity contribution in [1.29, 1.82) is 0 Å². The van der Waals surface area contributed by atoms with Crippen LogP contribution in [0, 0.1) is 6.92 Å². The lowest BCUT2D eigenvalue weighted by Crippen LogP contribution is -2.09. The first-order chi connectivity index (χ1) is 10.2. The van der Waals surface area contributed by atoms with Crippen LogP contribution in [0.2, 0.25) is 5.02 Å². The van der Waals surface area contributed by atoms with Crippen molar-refractivity contribution in [2.24, 2.45) is 0 Å². The van der Waals surface area contributed by atoms with E-state index in [2.05, 4.69) is 20.6 Å². The van der Waals surface area contributed by atoms with E-state index in [4.69, 9.17) is 16.3 Å². The van der Waals surface area contributed by atoms with Gasteiger partial charge in [0.05, 0.1) is 7.11 Å². The van der Waals surface area contributed by atoms with E-state index >= 15 is 0 Å². The minimum absolute atomic E-state index is 0.534. The molecule has 1 heterocycles. The number of benzene rings is 1. The second kappa shape index (κ2) is 7.13. The molecule has 0 saturated heterocycles. The number of hydrogen-bond acceptors (Lipinski definition) is 5. The Hall–Kier alpha value is -2.01. The Morgan fingerprint density at radius 2 is 1.90 bits per heavy atom. The predicted octanol–water partition coefficient (Wildman–Crippen LogP) is 3.49. The normalized spacial score (nSPS) is 10.3. The predicted molar refractivity (Wildman–Crippen MR) is 86.3 cm³/mol. The number of aromatic nitrogens is 2. The topological polar surface area (TPSA) is 59.1 Å². The maximum atomic E-state index is 6.23. The molecule has 0 amide bonds. The Balaban J connectivity index is 2.19. The summed E-state index contributed by atoms with van der Waals surface area (Å²) in [4.78, 5) is 8.50. The molecule has 0 bridgehead atoms. The largest absolute Gasteiger partial charge is 0.496 e. The SMILES string of the molecule is CCNc1ncnc(NCc2c(Cl)cccc2OC)c1C. The molecule has 0 aliphatic heterocycles. The van der Waals surface area contributed by atoms with E-state index in [0.717, 1.165) is 35.1 Å². The molecule has 0 radical (unpaired) electrons. The molecule has 0 fully saturated rings. The average Bonchev–Trinajstić information content (AvgIpc) is 2.49. The number of nitrogens with zero attached hydrogens (tertiary/aromatic N) is 2. The Kier molecular flexibility index (Phi) is 5.22. The van der Waals surface area contributed by atoms with Crippen molar-refractivity contribution in [2.45, 2.75) is 20.4 Å². The summed E-state index contributed by atoms with van der Waals surface area (Å²) in [5, 5.41) is 7.16. The van der Waals surface area contributed by atoms with Gasteiger partial charge in [-0.2, -0.15) is 0 Å². The number of methoxy groups -OCH3 is 1. The summed E-state index contributed by atoms with van der Waals surface area (Å²) in [7, 11) is 1.63. The number of ether oxygens (including phenoxy) is 1. The molecule has 5 nitrogen and oxygen atoms in total. The number of halogens is 1. The molecule has 2 rings (SSSR count). The standard InChI is InChI=1S/C15H19ClN4O/c1-4-17-14-10(2)15(20-9-19-14)18-8-11-12(16)6-5-7-13(11)21-3/h5-7,9H,4,8H2,1-3H3,(H2,17,18,19,20). The summed E-state index contributed by atoms with van der Waals surface area (Å²) in [5.74, 6) is 2.37. The van der Waals surface area contributed by atoms with Gasteiger partial charge < -0.3 is 15.4 Å². The first-order valence-corrected chi connectivity index (χ1v) is 7.15. The second-order valence-corrected chi connectivity index (χ2v) is 4.91. The van der Waals surface area contributed by atoms with Crippen LogP contribution in [0.1, 0.15) is 18.1 Å². The molecule has 6 heteroatoms. The highest BCUT2D eigenvalue weighted by Crippen LogP contribution is 2.27. The smallest absolute Gasteiger partial charge is 0.134 e. The monoisotopic (exact) mass is 306 g/mol. The maximum absolute atomic E-state index is 6.23. The van der Waals surface area contributed by atoms with Gasteiger partial charge in [0.15, 0.2) is 0 Å². The van der Waals surface area contributed by atoms with Crippen molar-refractivity contribution >= 4 is 23.2 Å². The van der Waals surface area contributed by atoms with Crippen LogP contribution in [0.4, 0.5) is 11.6 Å². The number of hydrogen-bond donors (Lipinski definition) is 2. The fourth-order valence-electron chi connectivity index (χ4n) is 2.05. The van der Waals surface area contributed by atoms with Crippen LogP contribution >= 0.6 is 11.6 Å². The molecule has 21 heavy (non-hydrogen) atoms. The van der Waals surface area contributed by atoms with Gasteiger partial charge in [-0.25, -0.2) is 9.97 Å². The zero-order chi connectivity index (χ0) is 15.2. The summed E-state index contributed by atoms with van der Waals surface area (Å²) in [6.07, 6.45) is 1.54. The average molecular weight is 307 g/mol. The Morgan fingerprint density at radius 3 is 2.57 bits per heavy atom. The van der Waals surface area contributed by atoms with Gasteiger partial charge in [0.2, 0.25) is 0 Å². The van der Waals surface area contributed by atoms with Crippen molar-refractivity contribution in [2.75, 3.05) is 24.3 Å². The van der Waals surface area contributed by atoms with Crippen LogP contribution in [0.3, 0.4) is 0 Å². The molecule has 0 saturated carbocycles. The number of anilines is 2. The molecule has 0 aliphatic rings. The van der Waals surface area contributed by atoms with Crippen LogP contribution in [0.25, 0.3) is 0 Å². The molecule has 1 aromatic heterocycles. The van der Waals surface area contributed by atoms with Crippen molar-refractivity contribution in [3.8, 4) is 5.75 Å². The van der Waals surface area contributed by atoms with Crippen LogP contribution in [0.5, 0.6) is 5.75 Å². The Morgan fingerprint density at radius 1 is 1.19 bits per heavy atom. The van der Waals surface area contributed by atoms with Crippen molar-refractivity contribution in [1.82, 2.24) is 9.97 Å². The van der Waals surface area contributed by atoms with Gasteiger partial charge in [0.1, 0.15) is 23.7 Å². The minimum Gasteiger partial charge on any atom is -0.496 e. The van der Waals surface area contributed by atoms with E-state index < -0.39 is 0 Å². The van der Waals surface area contributed by atoms with Gasteiger partial charge in [-0.1, -0.05) is 17.7 Å². The lowest BCUT2D eigenvalue weighted by Gasteiger charge is -2.14. The highest BCUT2D eigenvalue weighted by atomic mass is 35.5. The fraction of sp³-hybridized carbons (Fsp3) is 0.333. The van der Waals surface area contributed by atoms with Gasteiger partial charge in [-0.05, 0) is 26.0 Å². The summed E-state index contributed by atoms with van der Waals surface area (Å²) in [6.45, 7) is 5.36. The molecule has 2 aromatic rings. The molecular weight excluding hydrogens is 288 g/mol. The van der Waals surface area contributed by atoms with Crippen molar-refractivity contribution in [3.05, 3.63) is 40.7 Å². The van der Waals surface area contributed by atoms with Crippen LogP contribution in [-0.4, -0.2) is 23.6 Å². The van der Waals surface area contributed by atoms with Crippen LogP contribution < -0.4 is 15.4 Å². The zero-order valence-corrected chi connectivity index (χ0v) is 13.2. The van der Waals surface area contributed by atoms with E-state index in [-0.39, 0.29) is 0 Å². The Bertz CT molecular complexity index is 619. The lowest BCUT2D eigenvalue weighted by molar-refractivity contribution is 0.410. The molecule has 2 N–H and O–H groups in total. The summed E-state index contributed by atoms with van der Waals surface area (Å²) < 4.78 is 5.34. The third-order valence-electron chi connectivity index (χ3n) is 3.16. The molecule has 0 unspecified atom stereocenters. The van der Waals surface area contributed by atoms with Gasteiger partial charge in [0, 0.05) is 29.2 Å². The number of nitrogens with one attached hydrogen (secondary N) is 2. The van der Waals surface area contributed by atoms with E-state index in [9.17, 15) is 0 Å². The van der Waals surface area contributed by atoms with Crippen LogP contribution in [-0.2, 0) is 6.54 Å². The second-order valence-electron chi connectivity index (χ2n) is 4.50. The van der Waals surface area contributed by atoms with Gasteiger partial charge in [-0.3, -0.25) is 0 Å². The third kappa shape index (κ3) is 3.55. The van der Waals surface area contributed by atoms with Crippen molar-refractivity contribution < 1.29 is 4.74 Å². The summed E-state index contributed by atoms with van der Waals surface area (Å²) in [6, 6.07) is 5.60. The van der Waals surface area contributed by atoms with E-state index in [1.807, 2.05) is 32.0 Å². The summed E-state index contributed by atoms with van der Waals surface area (Å²) >= 11 is 6.23. The van der Waals surface area contributed by atoms with Crippen molar-refractivity contribution in [3.63, 3.8) is 0 Å². The van der Waals surface area contributed by atoms with Gasteiger partial charge >= 0.3 is 0 Å². The van der Waals surface area contributed by atoms with Crippen LogP contribution in [0.15, 0.2) is 24.5 Å².